The topological polar surface area (TPSA) is 35.5 Å². The number of methoxy groups -OCH3 is 2. The highest BCUT2D eigenvalue weighted by molar-refractivity contribution is 9.10. The van der Waals surface area contributed by atoms with Gasteiger partial charge in [-0.15, -0.1) is 0 Å². The third-order valence-corrected chi connectivity index (χ3v) is 3.84. The Bertz CT molecular complexity index is 671. The SMILES string of the molecule is COc1cccc(C(=O)Cc2cc(F)ccc2Br)c1OC. The highest BCUT2D eigenvalue weighted by Crippen LogP contribution is 2.32. The van der Waals surface area contributed by atoms with Crippen molar-refractivity contribution in [3.63, 3.8) is 0 Å². The van der Waals surface area contributed by atoms with Crippen LogP contribution in [0, 0.1) is 5.82 Å². The molecule has 2 aromatic rings. The second kappa shape index (κ2) is 6.72. The van der Waals surface area contributed by atoms with Crippen molar-refractivity contribution in [3.8, 4) is 11.5 Å². The summed E-state index contributed by atoms with van der Waals surface area (Å²) in [5, 5.41) is 0. The fraction of sp³-hybridized carbons (Fsp3) is 0.188. The highest BCUT2D eigenvalue weighted by Gasteiger charge is 2.17. The second-order valence-electron chi connectivity index (χ2n) is 4.38. The maximum atomic E-state index is 13.3. The van der Waals surface area contributed by atoms with Crippen LogP contribution in [0.25, 0.3) is 0 Å². The summed E-state index contributed by atoms with van der Waals surface area (Å²) in [5.74, 6) is 0.329. The van der Waals surface area contributed by atoms with Crippen LogP contribution >= 0.6 is 15.9 Å². The summed E-state index contributed by atoms with van der Waals surface area (Å²) in [7, 11) is 2.99. The molecule has 21 heavy (non-hydrogen) atoms. The molecule has 110 valence electrons. The van der Waals surface area contributed by atoms with Crippen LogP contribution in [0.3, 0.4) is 0 Å². The standard InChI is InChI=1S/C16H14BrFO3/c1-20-15-5-3-4-12(16(15)21-2)14(19)9-10-8-11(18)6-7-13(10)17/h3-8H,9H2,1-2H3. The molecule has 0 saturated heterocycles. The molecular weight excluding hydrogens is 339 g/mol. The Morgan fingerprint density at radius 1 is 1.19 bits per heavy atom. The molecule has 0 heterocycles. The quantitative estimate of drug-likeness (QED) is 0.762. The average molecular weight is 353 g/mol. The van der Waals surface area contributed by atoms with Gasteiger partial charge in [0.2, 0.25) is 0 Å². The first-order valence-electron chi connectivity index (χ1n) is 6.25. The van der Waals surface area contributed by atoms with Gasteiger partial charge in [0.1, 0.15) is 5.82 Å². The Morgan fingerprint density at radius 2 is 1.95 bits per heavy atom. The summed E-state index contributed by atoms with van der Waals surface area (Å²) in [6, 6.07) is 9.36. The monoisotopic (exact) mass is 352 g/mol. The summed E-state index contributed by atoms with van der Waals surface area (Å²) in [6.07, 6.45) is 0.0713. The van der Waals surface area contributed by atoms with E-state index in [0.29, 0.717) is 27.1 Å². The van der Waals surface area contributed by atoms with Crippen molar-refractivity contribution in [1.82, 2.24) is 0 Å². The number of halogens is 2. The highest BCUT2D eigenvalue weighted by atomic mass is 79.9. The van der Waals surface area contributed by atoms with Crippen molar-refractivity contribution in [2.24, 2.45) is 0 Å². The molecule has 3 nitrogen and oxygen atoms in total. The van der Waals surface area contributed by atoms with Crippen molar-refractivity contribution >= 4 is 21.7 Å². The summed E-state index contributed by atoms with van der Waals surface area (Å²) in [6.45, 7) is 0. The number of rotatable bonds is 5. The molecule has 2 aromatic carbocycles. The minimum absolute atomic E-state index is 0.0713. The number of Topliss-reactive ketones (excluding diaryl/α,β-unsaturated/α-hetero) is 1. The number of carbonyl (C=O) groups excluding carboxylic acids is 1. The smallest absolute Gasteiger partial charge is 0.171 e. The van der Waals surface area contributed by atoms with Gasteiger partial charge >= 0.3 is 0 Å². The van der Waals surface area contributed by atoms with Gasteiger partial charge in [0.05, 0.1) is 19.8 Å². The predicted molar refractivity (Wildman–Crippen MR) is 81.7 cm³/mol. The Hall–Kier alpha value is -1.88. The normalized spacial score (nSPS) is 10.3. The van der Waals surface area contributed by atoms with Crippen molar-refractivity contribution in [1.29, 1.82) is 0 Å². The lowest BCUT2D eigenvalue weighted by Gasteiger charge is -2.12. The summed E-state index contributed by atoms with van der Waals surface area (Å²) in [5.41, 5.74) is 0.998. The average Bonchev–Trinajstić information content (AvgIpc) is 2.49. The zero-order valence-electron chi connectivity index (χ0n) is 11.7. The molecule has 0 aromatic heterocycles. The summed E-state index contributed by atoms with van der Waals surface area (Å²) >= 11 is 3.32. The van der Waals surface area contributed by atoms with Gasteiger partial charge < -0.3 is 9.47 Å². The lowest BCUT2D eigenvalue weighted by Crippen LogP contribution is -2.07. The molecule has 0 amide bonds. The zero-order chi connectivity index (χ0) is 15.4. The summed E-state index contributed by atoms with van der Waals surface area (Å²) in [4.78, 5) is 12.4. The van der Waals surface area contributed by atoms with Crippen molar-refractivity contribution < 1.29 is 18.7 Å². The molecule has 0 spiro atoms. The van der Waals surface area contributed by atoms with Crippen LogP contribution < -0.4 is 9.47 Å². The zero-order valence-corrected chi connectivity index (χ0v) is 13.2. The number of para-hydroxylation sites is 1. The molecule has 2 rings (SSSR count). The minimum atomic E-state index is -0.376. The van der Waals surface area contributed by atoms with Crippen LogP contribution in [0.5, 0.6) is 11.5 Å². The van der Waals surface area contributed by atoms with Gasteiger partial charge in [0.25, 0.3) is 0 Å². The number of carbonyl (C=O) groups is 1. The molecular formula is C16H14BrFO3. The molecule has 0 N–H and O–H groups in total. The van der Waals surface area contributed by atoms with Gasteiger partial charge in [0, 0.05) is 10.9 Å². The third kappa shape index (κ3) is 3.42. The largest absolute Gasteiger partial charge is 0.493 e. The van der Waals surface area contributed by atoms with Crippen LogP contribution in [0.15, 0.2) is 40.9 Å². The van der Waals surface area contributed by atoms with Crippen molar-refractivity contribution in [2.45, 2.75) is 6.42 Å². The van der Waals surface area contributed by atoms with E-state index >= 15 is 0 Å². The lowest BCUT2D eigenvalue weighted by atomic mass is 10.0. The number of benzene rings is 2. The van der Waals surface area contributed by atoms with E-state index in [9.17, 15) is 9.18 Å². The van der Waals surface area contributed by atoms with Crippen LogP contribution in [0.1, 0.15) is 15.9 Å². The number of ether oxygens (including phenoxy) is 2. The maximum Gasteiger partial charge on any atom is 0.171 e. The van der Waals surface area contributed by atoms with E-state index in [-0.39, 0.29) is 18.0 Å². The Morgan fingerprint density at radius 3 is 2.62 bits per heavy atom. The van der Waals surface area contributed by atoms with Crippen LogP contribution in [0.4, 0.5) is 4.39 Å². The number of hydrogen-bond donors (Lipinski definition) is 0. The predicted octanol–water partition coefficient (Wildman–Crippen LogP) is 4.03. The van der Waals surface area contributed by atoms with E-state index in [2.05, 4.69) is 15.9 Å². The van der Waals surface area contributed by atoms with E-state index in [0.717, 1.165) is 0 Å². The van der Waals surface area contributed by atoms with Crippen LogP contribution in [-0.4, -0.2) is 20.0 Å². The molecule has 5 heteroatoms. The molecule has 0 saturated carbocycles. The van der Waals surface area contributed by atoms with Gasteiger partial charge in [-0.3, -0.25) is 4.79 Å². The molecule has 0 radical (unpaired) electrons. The van der Waals surface area contributed by atoms with Crippen LogP contribution in [-0.2, 0) is 6.42 Å². The van der Waals surface area contributed by atoms with Crippen molar-refractivity contribution in [2.75, 3.05) is 14.2 Å². The minimum Gasteiger partial charge on any atom is -0.493 e. The van der Waals surface area contributed by atoms with Gasteiger partial charge in [-0.05, 0) is 35.9 Å². The number of ketones is 1. The molecule has 0 bridgehead atoms. The summed E-state index contributed by atoms with van der Waals surface area (Å²) < 4.78 is 24.4. The molecule has 0 fully saturated rings. The van der Waals surface area contributed by atoms with Gasteiger partial charge in [-0.25, -0.2) is 4.39 Å². The van der Waals surface area contributed by atoms with E-state index < -0.39 is 0 Å². The number of hydrogen-bond acceptors (Lipinski definition) is 3. The second-order valence-corrected chi connectivity index (χ2v) is 5.23. The fourth-order valence-electron chi connectivity index (χ4n) is 2.05. The third-order valence-electron chi connectivity index (χ3n) is 3.06. The van der Waals surface area contributed by atoms with E-state index in [4.69, 9.17) is 9.47 Å². The lowest BCUT2D eigenvalue weighted by molar-refractivity contribution is 0.0989. The molecule has 0 atom stereocenters. The van der Waals surface area contributed by atoms with E-state index in [1.54, 1.807) is 24.3 Å². The van der Waals surface area contributed by atoms with Gasteiger partial charge in [0.15, 0.2) is 17.3 Å². The van der Waals surface area contributed by atoms with Crippen LogP contribution in [0.2, 0.25) is 0 Å². The molecule has 0 aliphatic heterocycles. The fourth-order valence-corrected chi connectivity index (χ4v) is 2.44. The Labute approximate surface area is 130 Å². The molecule has 0 unspecified atom stereocenters. The first kappa shape index (κ1) is 15.5. The molecule has 0 aliphatic rings. The van der Waals surface area contributed by atoms with Gasteiger partial charge in [-0.1, -0.05) is 22.0 Å². The first-order chi connectivity index (χ1) is 10.1. The van der Waals surface area contributed by atoms with E-state index in [1.807, 2.05) is 0 Å². The van der Waals surface area contributed by atoms with Gasteiger partial charge in [-0.2, -0.15) is 0 Å². The Kier molecular flexibility index (Phi) is 4.96. The first-order valence-corrected chi connectivity index (χ1v) is 7.04. The maximum absolute atomic E-state index is 13.3. The Balaban J connectivity index is 2.35. The van der Waals surface area contributed by atoms with E-state index in [1.165, 1.54) is 26.4 Å². The molecule has 0 aliphatic carbocycles. The van der Waals surface area contributed by atoms with Crippen molar-refractivity contribution in [3.05, 3.63) is 57.8 Å².